The van der Waals surface area contributed by atoms with Gasteiger partial charge in [-0.1, -0.05) is 24.3 Å². The quantitative estimate of drug-likeness (QED) is 0.352. The lowest BCUT2D eigenvalue weighted by atomic mass is 9.98. The van der Waals surface area contributed by atoms with E-state index in [0.29, 0.717) is 13.2 Å². The van der Waals surface area contributed by atoms with Crippen molar-refractivity contribution in [1.29, 1.82) is 0 Å². The summed E-state index contributed by atoms with van der Waals surface area (Å²) in [4.78, 5) is 21.2. The van der Waals surface area contributed by atoms with Crippen LogP contribution in [0.4, 0.5) is 0 Å². The van der Waals surface area contributed by atoms with Crippen molar-refractivity contribution in [3.63, 3.8) is 0 Å². The third kappa shape index (κ3) is 5.47. The molecule has 2 aliphatic heterocycles. The summed E-state index contributed by atoms with van der Waals surface area (Å²) in [5.74, 6) is 0.784. The molecule has 0 saturated carbocycles. The van der Waals surface area contributed by atoms with Crippen LogP contribution in [-0.4, -0.2) is 68.1 Å². The van der Waals surface area contributed by atoms with Crippen LogP contribution in [0.25, 0.3) is 0 Å². The number of piperidine rings is 1. The van der Waals surface area contributed by atoms with E-state index in [1.54, 1.807) is 0 Å². The minimum absolute atomic E-state index is 0.0410. The molecule has 0 amide bonds. The Morgan fingerprint density at radius 1 is 1.29 bits per heavy atom. The SMILES string of the molecule is CCOC(=O)C1CCCN(C(=NC)NCCCN2CCc3ccccc3C2)C1. The van der Waals surface area contributed by atoms with Crippen molar-refractivity contribution in [2.24, 2.45) is 10.9 Å². The van der Waals surface area contributed by atoms with Crippen LogP contribution in [-0.2, 0) is 22.5 Å². The van der Waals surface area contributed by atoms with E-state index in [9.17, 15) is 4.79 Å². The molecule has 0 radical (unpaired) electrons. The van der Waals surface area contributed by atoms with Gasteiger partial charge in [0.15, 0.2) is 5.96 Å². The van der Waals surface area contributed by atoms with Crippen molar-refractivity contribution in [2.75, 3.05) is 46.4 Å². The van der Waals surface area contributed by atoms with E-state index < -0.39 is 0 Å². The van der Waals surface area contributed by atoms with Gasteiger partial charge in [0, 0.05) is 46.3 Å². The van der Waals surface area contributed by atoms with Crippen LogP contribution in [0.2, 0.25) is 0 Å². The van der Waals surface area contributed by atoms with Crippen LogP contribution in [0.5, 0.6) is 0 Å². The standard InChI is InChI=1S/C22H34N4O2/c1-3-28-21(27)20-10-6-14-26(17-20)22(23-2)24-12-7-13-25-15-11-18-8-4-5-9-19(18)16-25/h4-5,8-9,20H,3,6-7,10-17H2,1-2H3,(H,23,24). The molecule has 0 aliphatic carbocycles. The highest BCUT2D eigenvalue weighted by Crippen LogP contribution is 2.19. The second kappa shape index (κ2) is 10.5. The van der Waals surface area contributed by atoms with Gasteiger partial charge in [-0.25, -0.2) is 0 Å². The van der Waals surface area contributed by atoms with Crippen molar-refractivity contribution in [3.8, 4) is 0 Å². The summed E-state index contributed by atoms with van der Waals surface area (Å²) in [6.07, 6.45) is 4.13. The molecule has 0 spiro atoms. The fourth-order valence-electron chi connectivity index (χ4n) is 4.20. The third-order valence-electron chi connectivity index (χ3n) is 5.70. The highest BCUT2D eigenvalue weighted by molar-refractivity contribution is 5.81. The fourth-order valence-corrected chi connectivity index (χ4v) is 4.20. The van der Waals surface area contributed by atoms with E-state index in [0.717, 1.165) is 64.4 Å². The number of likely N-dealkylation sites (tertiary alicyclic amines) is 1. The van der Waals surface area contributed by atoms with E-state index in [1.165, 1.54) is 11.1 Å². The van der Waals surface area contributed by atoms with Gasteiger partial charge in [0.25, 0.3) is 0 Å². The van der Waals surface area contributed by atoms with Crippen molar-refractivity contribution in [3.05, 3.63) is 35.4 Å². The minimum atomic E-state index is -0.0759. The summed E-state index contributed by atoms with van der Waals surface area (Å²) in [7, 11) is 1.82. The Labute approximate surface area is 168 Å². The zero-order valence-electron chi connectivity index (χ0n) is 17.3. The Bertz CT molecular complexity index is 676. The summed E-state index contributed by atoms with van der Waals surface area (Å²) in [5.41, 5.74) is 2.97. The third-order valence-corrected chi connectivity index (χ3v) is 5.70. The molecule has 28 heavy (non-hydrogen) atoms. The number of hydrogen-bond acceptors (Lipinski definition) is 4. The van der Waals surface area contributed by atoms with E-state index >= 15 is 0 Å². The molecule has 1 unspecified atom stereocenters. The molecule has 0 bridgehead atoms. The first-order valence-corrected chi connectivity index (χ1v) is 10.6. The monoisotopic (exact) mass is 386 g/mol. The summed E-state index contributed by atoms with van der Waals surface area (Å²) >= 11 is 0. The van der Waals surface area contributed by atoms with E-state index in [4.69, 9.17) is 4.74 Å². The highest BCUT2D eigenvalue weighted by Gasteiger charge is 2.28. The van der Waals surface area contributed by atoms with Crippen molar-refractivity contribution in [2.45, 2.75) is 39.2 Å². The zero-order chi connectivity index (χ0) is 19.8. The maximum absolute atomic E-state index is 12.1. The first-order valence-electron chi connectivity index (χ1n) is 10.6. The summed E-state index contributed by atoms with van der Waals surface area (Å²) in [6, 6.07) is 8.77. The molecule has 6 heteroatoms. The molecular weight excluding hydrogens is 352 g/mol. The van der Waals surface area contributed by atoms with Crippen LogP contribution >= 0.6 is 0 Å². The average molecular weight is 387 g/mol. The smallest absolute Gasteiger partial charge is 0.310 e. The second-order valence-electron chi connectivity index (χ2n) is 7.66. The predicted octanol–water partition coefficient (Wildman–Crippen LogP) is 2.29. The van der Waals surface area contributed by atoms with Gasteiger partial charge in [-0.05, 0) is 43.7 Å². The average Bonchev–Trinajstić information content (AvgIpc) is 2.74. The number of nitrogens with zero attached hydrogens (tertiary/aromatic N) is 3. The Morgan fingerprint density at radius 2 is 2.11 bits per heavy atom. The number of ether oxygens (including phenoxy) is 1. The van der Waals surface area contributed by atoms with Gasteiger partial charge >= 0.3 is 5.97 Å². The lowest BCUT2D eigenvalue weighted by molar-refractivity contribution is -0.149. The molecular formula is C22H34N4O2. The van der Waals surface area contributed by atoms with E-state index in [1.807, 2.05) is 14.0 Å². The fraction of sp³-hybridized carbons (Fsp3) is 0.636. The van der Waals surface area contributed by atoms with Gasteiger partial charge < -0.3 is 15.0 Å². The molecule has 1 aromatic carbocycles. The molecule has 154 valence electrons. The van der Waals surface area contributed by atoms with Gasteiger partial charge in [-0.3, -0.25) is 14.7 Å². The number of carbonyl (C=O) groups is 1. The molecule has 2 aliphatic rings. The minimum Gasteiger partial charge on any atom is -0.466 e. The van der Waals surface area contributed by atoms with E-state index in [-0.39, 0.29) is 11.9 Å². The molecule has 0 aromatic heterocycles. The summed E-state index contributed by atoms with van der Waals surface area (Å²) < 4.78 is 5.20. The molecule has 1 aromatic rings. The number of fused-ring (bicyclic) bond motifs is 1. The predicted molar refractivity (Wildman–Crippen MR) is 112 cm³/mol. The van der Waals surface area contributed by atoms with Crippen LogP contribution in [0, 0.1) is 5.92 Å². The number of hydrogen-bond donors (Lipinski definition) is 1. The Hall–Kier alpha value is -2.08. The van der Waals surface area contributed by atoms with Crippen LogP contribution in [0.3, 0.4) is 0 Å². The Balaban J connectivity index is 1.40. The number of nitrogens with one attached hydrogen (secondary N) is 1. The lowest BCUT2D eigenvalue weighted by Crippen LogP contribution is -2.48. The summed E-state index contributed by atoms with van der Waals surface area (Å²) in [5, 5.41) is 3.49. The molecule has 1 saturated heterocycles. The topological polar surface area (TPSA) is 57.2 Å². The number of rotatable bonds is 6. The highest BCUT2D eigenvalue weighted by atomic mass is 16.5. The van der Waals surface area contributed by atoms with Gasteiger partial charge in [-0.2, -0.15) is 0 Å². The number of benzene rings is 1. The van der Waals surface area contributed by atoms with Crippen molar-refractivity contribution in [1.82, 2.24) is 15.1 Å². The first kappa shape index (κ1) is 20.6. The van der Waals surface area contributed by atoms with Gasteiger partial charge in [-0.15, -0.1) is 0 Å². The van der Waals surface area contributed by atoms with Crippen LogP contribution in [0.15, 0.2) is 29.3 Å². The molecule has 6 nitrogen and oxygen atoms in total. The lowest BCUT2D eigenvalue weighted by Gasteiger charge is -2.34. The Kier molecular flexibility index (Phi) is 7.71. The maximum atomic E-state index is 12.1. The number of esters is 1. The first-order chi connectivity index (χ1) is 13.7. The maximum Gasteiger partial charge on any atom is 0.310 e. The number of aliphatic imine (C=N–C) groups is 1. The van der Waals surface area contributed by atoms with Gasteiger partial charge in [0.2, 0.25) is 0 Å². The molecule has 3 rings (SSSR count). The number of carbonyl (C=O) groups excluding carboxylic acids is 1. The second-order valence-corrected chi connectivity index (χ2v) is 7.66. The van der Waals surface area contributed by atoms with Crippen LogP contribution in [0.1, 0.15) is 37.3 Å². The molecule has 2 heterocycles. The van der Waals surface area contributed by atoms with Crippen molar-refractivity contribution < 1.29 is 9.53 Å². The van der Waals surface area contributed by atoms with Gasteiger partial charge in [0.05, 0.1) is 12.5 Å². The number of guanidine groups is 1. The van der Waals surface area contributed by atoms with Gasteiger partial charge in [0.1, 0.15) is 0 Å². The summed E-state index contributed by atoms with van der Waals surface area (Å²) in [6.45, 7) is 8.12. The van der Waals surface area contributed by atoms with Crippen molar-refractivity contribution >= 4 is 11.9 Å². The molecule has 1 N–H and O–H groups in total. The van der Waals surface area contributed by atoms with E-state index in [2.05, 4.69) is 44.4 Å². The van der Waals surface area contributed by atoms with Crippen LogP contribution < -0.4 is 5.32 Å². The molecule has 1 atom stereocenters. The largest absolute Gasteiger partial charge is 0.466 e. The molecule has 1 fully saturated rings. The normalized spacial score (nSPS) is 20.6. The Morgan fingerprint density at radius 3 is 2.89 bits per heavy atom. The zero-order valence-corrected chi connectivity index (χ0v) is 17.3.